The summed E-state index contributed by atoms with van der Waals surface area (Å²) < 4.78 is 5.97. The van der Waals surface area contributed by atoms with Crippen LogP contribution >= 0.6 is 22.6 Å². The molecule has 0 bridgehead atoms. The number of hydrogen-bond acceptors (Lipinski definition) is 3. The predicted molar refractivity (Wildman–Crippen MR) is 64.9 cm³/mol. The van der Waals surface area contributed by atoms with Crippen molar-refractivity contribution in [2.24, 2.45) is 5.92 Å². The van der Waals surface area contributed by atoms with Crippen LogP contribution in [-0.2, 0) is 11.2 Å². The van der Waals surface area contributed by atoms with E-state index in [-0.39, 0.29) is 5.56 Å². The Morgan fingerprint density at radius 3 is 3.07 bits per heavy atom. The molecule has 82 valence electrons. The third-order valence-corrected chi connectivity index (χ3v) is 3.85. The number of H-pyrrole nitrogens is 1. The molecule has 1 aromatic rings. The first-order valence-electron chi connectivity index (χ1n) is 5.00. The van der Waals surface area contributed by atoms with E-state index < -0.39 is 0 Å². The van der Waals surface area contributed by atoms with Gasteiger partial charge in [0.25, 0.3) is 5.56 Å². The highest BCUT2D eigenvalue weighted by atomic mass is 127. The molecule has 1 unspecified atom stereocenters. The highest BCUT2D eigenvalue weighted by Crippen LogP contribution is 2.16. The Kier molecular flexibility index (Phi) is 3.40. The standard InChI is InChI=1S/C10H13IN2O2/c1-6-9(11)10(14)13-8(12-6)4-7-2-3-15-5-7/h7H,2-5H2,1H3,(H,12,13,14). The molecular weight excluding hydrogens is 307 g/mol. The van der Waals surface area contributed by atoms with Crippen molar-refractivity contribution >= 4 is 22.6 Å². The van der Waals surface area contributed by atoms with Crippen molar-refractivity contribution in [3.05, 3.63) is 25.4 Å². The number of rotatable bonds is 2. The number of nitrogens with zero attached hydrogens (tertiary/aromatic N) is 1. The molecule has 5 heteroatoms. The van der Waals surface area contributed by atoms with E-state index in [1.165, 1.54) is 0 Å². The highest BCUT2D eigenvalue weighted by molar-refractivity contribution is 14.1. The molecule has 0 aromatic carbocycles. The predicted octanol–water partition coefficient (Wildman–Crippen LogP) is 1.26. The molecule has 1 fully saturated rings. The fraction of sp³-hybridized carbons (Fsp3) is 0.600. The second-order valence-corrected chi connectivity index (χ2v) is 4.92. The van der Waals surface area contributed by atoms with Crippen LogP contribution in [0, 0.1) is 16.4 Å². The van der Waals surface area contributed by atoms with Gasteiger partial charge in [0, 0.05) is 19.6 Å². The minimum atomic E-state index is -0.0305. The second kappa shape index (κ2) is 4.61. The topological polar surface area (TPSA) is 55.0 Å². The molecule has 0 saturated carbocycles. The number of ether oxygens (including phenoxy) is 1. The SMILES string of the molecule is Cc1nc(CC2CCOC2)[nH]c(=O)c1I. The van der Waals surface area contributed by atoms with Gasteiger partial charge in [-0.05, 0) is 41.9 Å². The van der Waals surface area contributed by atoms with Crippen molar-refractivity contribution in [2.45, 2.75) is 19.8 Å². The van der Waals surface area contributed by atoms with Gasteiger partial charge in [0.15, 0.2) is 0 Å². The normalized spacial score (nSPS) is 20.8. The Bertz CT molecular complexity index is 410. The first-order chi connectivity index (χ1) is 7.16. The van der Waals surface area contributed by atoms with Crippen LogP contribution in [0.15, 0.2) is 4.79 Å². The maximum Gasteiger partial charge on any atom is 0.264 e. The summed E-state index contributed by atoms with van der Waals surface area (Å²) in [5.41, 5.74) is 0.783. The molecule has 15 heavy (non-hydrogen) atoms. The lowest BCUT2D eigenvalue weighted by Crippen LogP contribution is -2.18. The fourth-order valence-corrected chi connectivity index (χ4v) is 2.00. The smallest absolute Gasteiger partial charge is 0.264 e. The van der Waals surface area contributed by atoms with Crippen molar-refractivity contribution in [3.8, 4) is 0 Å². The van der Waals surface area contributed by atoms with E-state index in [0.29, 0.717) is 9.49 Å². The lowest BCUT2D eigenvalue weighted by molar-refractivity contribution is 0.185. The van der Waals surface area contributed by atoms with Crippen molar-refractivity contribution in [2.75, 3.05) is 13.2 Å². The molecule has 1 saturated heterocycles. The summed E-state index contributed by atoms with van der Waals surface area (Å²) >= 11 is 2.02. The fourth-order valence-electron chi connectivity index (χ4n) is 1.74. The molecule has 0 amide bonds. The maximum atomic E-state index is 11.5. The Morgan fingerprint density at radius 1 is 1.67 bits per heavy atom. The Hall–Kier alpha value is -0.430. The number of aromatic amines is 1. The van der Waals surface area contributed by atoms with Crippen molar-refractivity contribution in [1.29, 1.82) is 0 Å². The number of nitrogens with one attached hydrogen (secondary N) is 1. The molecule has 1 atom stereocenters. The monoisotopic (exact) mass is 320 g/mol. The van der Waals surface area contributed by atoms with Crippen molar-refractivity contribution in [1.82, 2.24) is 9.97 Å². The van der Waals surface area contributed by atoms with Crippen LogP contribution in [0.2, 0.25) is 0 Å². The van der Waals surface area contributed by atoms with Crippen LogP contribution in [0.1, 0.15) is 17.9 Å². The highest BCUT2D eigenvalue weighted by Gasteiger charge is 2.17. The lowest BCUT2D eigenvalue weighted by Gasteiger charge is -2.07. The van der Waals surface area contributed by atoms with E-state index in [1.807, 2.05) is 29.5 Å². The quantitative estimate of drug-likeness (QED) is 0.835. The molecule has 0 spiro atoms. The van der Waals surface area contributed by atoms with Gasteiger partial charge in [-0.25, -0.2) is 4.98 Å². The van der Waals surface area contributed by atoms with E-state index >= 15 is 0 Å². The zero-order valence-corrected chi connectivity index (χ0v) is 10.7. The molecule has 2 heterocycles. The van der Waals surface area contributed by atoms with E-state index in [0.717, 1.165) is 37.6 Å². The van der Waals surface area contributed by atoms with Gasteiger partial charge in [-0.1, -0.05) is 0 Å². The molecule has 1 aliphatic rings. The zero-order chi connectivity index (χ0) is 10.8. The Morgan fingerprint density at radius 2 is 2.47 bits per heavy atom. The van der Waals surface area contributed by atoms with Gasteiger partial charge in [-0.2, -0.15) is 0 Å². The summed E-state index contributed by atoms with van der Waals surface area (Å²) in [4.78, 5) is 18.7. The third-order valence-electron chi connectivity index (χ3n) is 2.58. The second-order valence-electron chi connectivity index (χ2n) is 3.85. The van der Waals surface area contributed by atoms with Crippen LogP contribution in [-0.4, -0.2) is 23.2 Å². The van der Waals surface area contributed by atoms with Gasteiger partial charge in [-0.15, -0.1) is 0 Å². The van der Waals surface area contributed by atoms with Gasteiger partial charge >= 0.3 is 0 Å². The molecule has 1 aromatic heterocycles. The summed E-state index contributed by atoms with van der Waals surface area (Å²) in [5.74, 6) is 1.29. The molecule has 1 aliphatic heterocycles. The van der Waals surface area contributed by atoms with Crippen LogP contribution in [0.25, 0.3) is 0 Å². The Balaban J connectivity index is 2.18. The summed E-state index contributed by atoms with van der Waals surface area (Å²) in [7, 11) is 0. The van der Waals surface area contributed by atoms with Crippen molar-refractivity contribution in [3.63, 3.8) is 0 Å². The van der Waals surface area contributed by atoms with Crippen LogP contribution in [0.4, 0.5) is 0 Å². The van der Waals surface area contributed by atoms with E-state index in [2.05, 4.69) is 9.97 Å². The van der Waals surface area contributed by atoms with Crippen LogP contribution in [0.3, 0.4) is 0 Å². The number of hydrogen-bond donors (Lipinski definition) is 1. The van der Waals surface area contributed by atoms with Crippen molar-refractivity contribution < 1.29 is 4.74 Å². The average molecular weight is 320 g/mol. The lowest BCUT2D eigenvalue weighted by atomic mass is 10.0. The van der Waals surface area contributed by atoms with Gasteiger partial charge in [0.05, 0.1) is 9.26 Å². The first-order valence-corrected chi connectivity index (χ1v) is 6.07. The zero-order valence-electron chi connectivity index (χ0n) is 8.55. The largest absolute Gasteiger partial charge is 0.381 e. The number of aromatic nitrogens is 2. The molecule has 4 nitrogen and oxygen atoms in total. The summed E-state index contributed by atoms with van der Waals surface area (Å²) in [6, 6.07) is 0. The summed E-state index contributed by atoms with van der Waals surface area (Å²) in [5, 5.41) is 0. The molecular formula is C10H13IN2O2. The number of halogens is 1. The van der Waals surface area contributed by atoms with Crippen LogP contribution < -0.4 is 5.56 Å². The molecule has 0 aliphatic carbocycles. The maximum absolute atomic E-state index is 11.5. The molecule has 0 radical (unpaired) electrons. The summed E-state index contributed by atoms with van der Waals surface area (Å²) in [6.45, 7) is 3.48. The van der Waals surface area contributed by atoms with Gasteiger partial charge in [0.2, 0.25) is 0 Å². The van der Waals surface area contributed by atoms with E-state index in [4.69, 9.17) is 4.74 Å². The first kappa shape index (κ1) is 11.1. The van der Waals surface area contributed by atoms with Gasteiger partial charge < -0.3 is 9.72 Å². The third kappa shape index (κ3) is 2.57. The number of aryl methyl sites for hydroxylation is 1. The minimum Gasteiger partial charge on any atom is -0.381 e. The van der Waals surface area contributed by atoms with E-state index in [1.54, 1.807) is 0 Å². The minimum absolute atomic E-state index is 0.0305. The van der Waals surface area contributed by atoms with Gasteiger partial charge in [0.1, 0.15) is 5.82 Å². The Labute approximate surface area is 102 Å². The van der Waals surface area contributed by atoms with E-state index in [9.17, 15) is 4.79 Å². The summed E-state index contributed by atoms with van der Waals surface area (Å²) in [6.07, 6.45) is 1.88. The molecule has 1 N–H and O–H groups in total. The van der Waals surface area contributed by atoms with Crippen LogP contribution in [0.5, 0.6) is 0 Å². The average Bonchev–Trinajstić information content (AvgIpc) is 2.66. The molecule has 2 rings (SSSR count). The van der Waals surface area contributed by atoms with Gasteiger partial charge in [-0.3, -0.25) is 4.79 Å².